The van der Waals surface area contributed by atoms with E-state index >= 15 is 0 Å². The van der Waals surface area contributed by atoms with Crippen molar-refractivity contribution in [3.05, 3.63) is 34.3 Å². The van der Waals surface area contributed by atoms with Gasteiger partial charge in [-0.2, -0.15) is 0 Å². The number of alkyl halides is 2. The smallest absolute Gasteiger partial charge is 0.258 e. The number of carbonyl (C=O) groups is 1. The Bertz CT molecular complexity index is 333. The summed E-state index contributed by atoms with van der Waals surface area (Å²) < 4.78 is 26.6. The largest absolute Gasteiger partial charge is 0.302 e. The molecule has 0 aromatic heterocycles. The molecule has 0 heterocycles. The maximum atomic E-state index is 13.0. The van der Waals surface area contributed by atoms with Crippen LogP contribution in [0.15, 0.2) is 28.7 Å². The summed E-state index contributed by atoms with van der Waals surface area (Å²) >= 11 is 3.17. The zero-order valence-electron chi connectivity index (χ0n) is 7.51. The van der Waals surface area contributed by atoms with Crippen LogP contribution in [0.5, 0.6) is 0 Å². The van der Waals surface area contributed by atoms with E-state index in [4.69, 9.17) is 0 Å². The van der Waals surface area contributed by atoms with E-state index in [1.807, 2.05) is 0 Å². The molecule has 1 atom stereocenters. The zero-order valence-corrected chi connectivity index (χ0v) is 9.09. The van der Waals surface area contributed by atoms with E-state index in [-0.39, 0.29) is 6.29 Å². The number of halogens is 3. The minimum Gasteiger partial charge on any atom is -0.302 e. The predicted octanol–water partition coefficient (Wildman–Crippen LogP) is 3.39. The van der Waals surface area contributed by atoms with Crippen LogP contribution in [0.4, 0.5) is 8.78 Å². The van der Waals surface area contributed by atoms with E-state index in [2.05, 4.69) is 15.9 Å². The molecule has 0 N–H and O–H groups in total. The Hall–Kier alpha value is -0.770. The quantitative estimate of drug-likeness (QED) is 0.764. The standard InChI is InChI=1S/C10H9BrF2O/c1-10(12,13)9(6-14)7-3-2-4-8(11)5-7/h2-6,9H,1H3. The summed E-state index contributed by atoms with van der Waals surface area (Å²) in [5.41, 5.74) is 0.321. The third-order valence-corrected chi connectivity index (χ3v) is 2.38. The highest BCUT2D eigenvalue weighted by Gasteiger charge is 2.35. The van der Waals surface area contributed by atoms with Gasteiger partial charge in [-0.15, -0.1) is 0 Å². The van der Waals surface area contributed by atoms with Crippen molar-refractivity contribution in [2.24, 2.45) is 0 Å². The van der Waals surface area contributed by atoms with Crippen LogP contribution in [0.1, 0.15) is 18.4 Å². The average Bonchev–Trinajstić information content (AvgIpc) is 2.02. The first-order valence-corrected chi connectivity index (χ1v) is 4.83. The molecule has 0 bridgehead atoms. The van der Waals surface area contributed by atoms with Crippen molar-refractivity contribution in [1.82, 2.24) is 0 Å². The number of carbonyl (C=O) groups excluding carboxylic acids is 1. The van der Waals surface area contributed by atoms with Crippen molar-refractivity contribution < 1.29 is 13.6 Å². The van der Waals surface area contributed by atoms with Crippen LogP contribution in [0.3, 0.4) is 0 Å². The van der Waals surface area contributed by atoms with E-state index < -0.39 is 11.8 Å². The average molecular weight is 263 g/mol. The van der Waals surface area contributed by atoms with E-state index in [9.17, 15) is 13.6 Å². The lowest BCUT2D eigenvalue weighted by atomic mass is 9.95. The van der Waals surface area contributed by atoms with Crippen LogP contribution in [0.2, 0.25) is 0 Å². The molecule has 0 radical (unpaired) electrons. The molecule has 0 aliphatic heterocycles. The summed E-state index contributed by atoms with van der Waals surface area (Å²) in [7, 11) is 0. The molecule has 0 saturated heterocycles. The van der Waals surface area contributed by atoms with Crippen molar-refractivity contribution in [1.29, 1.82) is 0 Å². The predicted molar refractivity (Wildman–Crippen MR) is 53.6 cm³/mol. The monoisotopic (exact) mass is 262 g/mol. The lowest BCUT2D eigenvalue weighted by molar-refractivity contribution is -0.116. The Morgan fingerprint density at radius 1 is 1.50 bits per heavy atom. The Morgan fingerprint density at radius 3 is 2.57 bits per heavy atom. The van der Waals surface area contributed by atoms with Crippen molar-refractivity contribution in [2.45, 2.75) is 18.8 Å². The van der Waals surface area contributed by atoms with Gasteiger partial charge in [-0.1, -0.05) is 28.1 Å². The molecular weight excluding hydrogens is 254 g/mol. The van der Waals surface area contributed by atoms with Gasteiger partial charge < -0.3 is 4.79 Å². The molecule has 0 aliphatic rings. The Morgan fingerprint density at radius 2 is 2.14 bits per heavy atom. The first-order chi connectivity index (χ1) is 6.45. The fraction of sp³-hybridized carbons (Fsp3) is 0.300. The summed E-state index contributed by atoms with van der Waals surface area (Å²) in [6.45, 7) is 0.743. The third kappa shape index (κ3) is 2.61. The molecule has 0 spiro atoms. The highest BCUT2D eigenvalue weighted by atomic mass is 79.9. The van der Waals surface area contributed by atoms with Crippen LogP contribution in [0.25, 0.3) is 0 Å². The topological polar surface area (TPSA) is 17.1 Å². The summed E-state index contributed by atoms with van der Waals surface area (Å²) in [6.07, 6.45) is 0.280. The number of aldehydes is 1. The SMILES string of the molecule is CC(F)(F)C(C=O)c1cccc(Br)c1. The maximum absolute atomic E-state index is 13.0. The van der Waals surface area contributed by atoms with E-state index in [1.54, 1.807) is 12.1 Å². The Balaban J connectivity index is 3.07. The minimum atomic E-state index is -3.03. The summed E-state index contributed by atoms with van der Waals surface area (Å²) in [4.78, 5) is 10.6. The maximum Gasteiger partial charge on any atom is 0.258 e. The molecule has 14 heavy (non-hydrogen) atoms. The Labute approximate surface area is 89.3 Å². The van der Waals surface area contributed by atoms with Gasteiger partial charge >= 0.3 is 0 Å². The molecule has 1 aromatic carbocycles. The molecule has 76 valence electrons. The van der Waals surface area contributed by atoms with Gasteiger partial charge in [0.25, 0.3) is 5.92 Å². The van der Waals surface area contributed by atoms with Gasteiger partial charge in [0.15, 0.2) is 0 Å². The molecule has 1 unspecified atom stereocenters. The molecular formula is C10H9BrF2O. The molecule has 0 fully saturated rings. The van der Waals surface area contributed by atoms with Gasteiger partial charge in [0, 0.05) is 11.4 Å². The number of benzene rings is 1. The van der Waals surface area contributed by atoms with Crippen LogP contribution >= 0.6 is 15.9 Å². The minimum absolute atomic E-state index is 0.280. The number of hydrogen-bond donors (Lipinski definition) is 0. The van der Waals surface area contributed by atoms with Crippen LogP contribution < -0.4 is 0 Å². The Kier molecular flexibility index (Phi) is 3.37. The molecule has 0 amide bonds. The van der Waals surface area contributed by atoms with Crippen molar-refractivity contribution in [3.63, 3.8) is 0 Å². The van der Waals surface area contributed by atoms with E-state index in [0.717, 1.165) is 6.92 Å². The molecule has 1 aromatic rings. The van der Waals surface area contributed by atoms with Gasteiger partial charge in [0.1, 0.15) is 12.2 Å². The fourth-order valence-corrected chi connectivity index (χ4v) is 1.61. The highest BCUT2D eigenvalue weighted by molar-refractivity contribution is 9.10. The van der Waals surface area contributed by atoms with Crippen LogP contribution in [-0.4, -0.2) is 12.2 Å². The fourth-order valence-electron chi connectivity index (χ4n) is 1.19. The lowest BCUT2D eigenvalue weighted by Gasteiger charge is -2.18. The second kappa shape index (κ2) is 4.17. The van der Waals surface area contributed by atoms with Crippen molar-refractivity contribution in [2.75, 3.05) is 0 Å². The van der Waals surface area contributed by atoms with E-state index in [1.165, 1.54) is 12.1 Å². The van der Waals surface area contributed by atoms with Gasteiger partial charge in [-0.3, -0.25) is 0 Å². The zero-order chi connectivity index (χ0) is 10.8. The first kappa shape index (κ1) is 11.3. The van der Waals surface area contributed by atoms with Crippen molar-refractivity contribution >= 4 is 22.2 Å². The number of hydrogen-bond acceptors (Lipinski definition) is 1. The normalized spacial score (nSPS) is 13.7. The second-order valence-corrected chi connectivity index (χ2v) is 4.04. The molecule has 1 rings (SSSR count). The molecule has 4 heteroatoms. The van der Waals surface area contributed by atoms with E-state index in [0.29, 0.717) is 10.0 Å². The van der Waals surface area contributed by atoms with Gasteiger partial charge in [0.2, 0.25) is 0 Å². The molecule has 0 saturated carbocycles. The second-order valence-electron chi connectivity index (χ2n) is 3.13. The third-order valence-electron chi connectivity index (χ3n) is 1.89. The van der Waals surface area contributed by atoms with Gasteiger partial charge in [-0.05, 0) is 17.7 Å². The lowest BCUT2D eigenvalue weighted by Crippen LogP contribution is -2.23. The van der Waals surface area contributed by atoms with Gasteiger partial charge in [0.05, 0.1) is 0 Å². The first-order valence-electron chi connectivity index (χ1n) is 4.03. The highest BCUT2D eigenvalue weighted by Crippen LogP contribution is 2.32. The van der Waals surface area contributed by atoms with Crippen LogP contribution in [0, 0.1) is 0 Å². The van der Waals surface area contributed by atoms with Crippen molar-refractivity contribution in [3.8, 4) is 0 Å². The molecule has 1 nitrogen and oxygen atoms in total. The summed E-state index contributed by atoms with van der Waals surface area (Å²) in [5, 5.41) is 0. The summed E-state index contributed by atoms with van der Waals surface area (Å²) in [5.74, 6) is -4.40. The summed E-state index contributed by atoms with van der Waals surface area (Å²) in [6, 6.07) is 6.39. The number of rotatable bonds is 3. The van der Waals surface area contributed by atoms with Gasteiger partial charge in [-0.25, -0.2) is 8.78 Å². The molecule has 0 aliphatic carbocycles. The van der Waals surface area contributed by atoms with Crippen LogP contribution in [-0.2, 0) is 4.79 Å².